The Morgan fingerprint density at radius 2 is 1.60 bits per heavy atom. The van der Waals surface area contributed by atoms with Gasteiger partial charge in [0.2, 0.25) is 0 Å². The second-order valence-electron chi connectivity index (χ2n) is 13.3. The highest BCUT2D eigenvalue weighted by Gasteiger charge is 2.50. The van der Waals surface area contributed by atoms with Gasteiger partial charge in [0.15, 0.2) is 0 Å². The number of aliphatic carboxylic acids is 1. The van der Waals surface area contributed by atoms with Crippen LogP contribution in [-0.4, -0.2) is 54.4 Å². The third-order valence-corrected chi connectivity index (χ3v) is 9.49. The minimum Gasteiger partial charge on any atom is -0.496 e. The van der Waals surface area contributed by atoms with E-state index in [4.69, 9.17) is 26.0 Å². The SMILES string of the molecule is CCCC(F)(F)F.COc1cc(CN2CCCC23CC3)cc(OC)c1-c1cccc2c(CCC(=O)O)cccc12.Cc1cc(N)cc(F)c1C(N)=O. The van der Waals surface area contributed by atoms with Crippen molar-refractivity contribution in [2.75, 3.05) is 26.5 Å². The van der Waals surface area contributed by atoms with E-state index in [1.807, 2.05) is 18.2 Å². The number of rotatable bonds is 10. The number of alkyl halides is 3. The van der Waals surface area contributed by atoms with Crippen LogP contribution in [0.25, 0.3) is 21.9 Å². The van der Waals surface area contributed by atoms with Crippen LogP contribution in [0.2, 0.25) is 0 Å². The molecule has 0 atom stereocenters. The van der Waals surface area contributed by atoms with Crippen molar-refractivity contribution in [2.24, 2.45) is 5.73 Å². The van der Waals surface area contributed by atoms with Crippen molar-refractivity contribution in [2.45, 2.75) is 83.5 Å². The summed E-state index contributed by atoms with van der Waals surface area (Å²) in [4.78, 5) is 24.5. The molecule has 8 nitrogen and oxygen atoms in total. The lowest BCUT2D eigenvalue weighted by atomic mass is 9.92. The van der Waals surface area contributed by atoms with Crippen molar-refractivity contribution in [3.05, 3.63) is 88.7 Å². The number of ether oxygens (including phenoxy) is 2. The molecule has 5 N–H and O–H groups in total. The molecule has 1 heterocycles. The molecule has 1 saturated carbocycles. The molecule has 1 amide bonds. The molecule has 2 fully saturated rings. The molecule has 1 spiro atoms. The number of carbonyl (C=O) groups excluding carboxylic acids is 1. The maximum atomic E-state index is 13.0. The number of anilines is 1. The van der Waals surface area contributed by atoms with Crippen LogP contribution in [0.5, 0.6) is 11.5 Å². The van der Waals surface area contributed by atoms with E-state index in [0.717, 1.165) is 58.1 Å². The summed E-state index contributed by atoms with van der Waals surface area (Å²) in [7, 11) is 3.42. The van der Waals surface area contributed by atoms with E-state index in [1.54, 1.807) is 21.1 Å². The first kappa shape index (κ1) is 39.9. The minimum absolute atomic E-state index is 0.0933. The van der Waals surface area contributed by atoms with Gasteiger partial charge in [-0.2, -0.15) is 13.2 Å². The molecule has 280 valence electrons. The van der Waals surface area contributed by atoms with Crippen molar-refractivity contribution >= 4 is 28.3 Å². The van der Waals surface area contributed by atoms with Crippen molar-refractivity contribution in [3.8, 4) is 22.6 Å². The van der Waals surface area contributed by atoms with E-state index in [-0.39, 0.29) is 24.1 Å². The molecule has 12 heteroatoms. The summed E-state index contributed by atoms with van der Waals surface area (Å²) in [5.41, 5.74) is 15.6. The van der Waals surface area contributed by atoms with Crippen LogP contribution < -0.4 is 20.9 Å². The van der Waals surface area contributed by atoms with Gasteiger partial charge in [-0.3, -0.25) is 14.5 Å². The van der Waals surface area contributed by atoms with Crippen LogP contribution in [0.3, 0.4) is 0 Å². The topological polar surface area (TPSA) is 128 Å². The molecule has 0 radical (unpaired) electrons. The van der Waals surface area contributed by atoms with Crippen LogP contribution in [0.15, 0.2) is 60.7 Å². The van der Waals surface area contributed by atoms with Gasteiger partial charge in [0.25, 0.3) is 5.91 Å². The summed E-state index contributed by atoms with van der Waals surface area (Å²) >= 11 is 0. The highest BCUT2D eigenvalue weighted by Crippen LogP contribution is 2.51. The van der Waals surface area contributed by atoms with E-state index in [0.29, 0.717) is 17.5 Å². The van der Waals surface area contributed by atoms with Gasteiger partial charge >= 0.3 is 12.1 Å². The first-order valence-electron chi connectivity index (χ1n) is 17.3. The number of benzene rings is 4. The number of carboxylic acid groups (broad SMARTS) is 1. The summed E-state index contributed by atoms with van der Waals surface area (Å²) in [5.74, 6) is -0.619. The Kier molecular flexibility index (Phi) is 13.1. The largest absolute Gasteiger partial charge is 0.496 e. The van der Waals surface area contributed by atoms with E-state index in [2.05, 4.69) is 35.2 Å². The maximum absolute atomic E-state index is 13.0. The fourth-order valence-corrected chi connectivity index (χ4v) is 6.91. The summed E-state index contributed by atoms with van der Waals surface area (Å²) in [6, 6.07) is 19.2. The number of methoxy groups -OCH3 is 2. The normalized spacial score (nSPS) is 14.6. The first-order chi connectivity index (χ1) is 24.6. The van der Waals surface area contributed by atoms with Gasteiger partial charge in [0, 0.05) is 30.6 Å². The van der Waals surface area contributed by atoms with E-state index in [9.17, 15) is 27.2 Å². The number of hydrogen-bond acceptors (Lipinski definition) is 6. The number of aryl methyl sites for hydroxylation is 2. The smallest absolute Gasteiger partial charge is 0.389 e. The molecule has 0 bridgehead atoms. The molecular formula is C40H47F4N3O5. The van der Waals surface area contributed by atoms with Gasteiger partial charge in [-0.05, 0) is 109 Å². The number of carbonyl (C=O) groups is 2. The van der Waals surface area contributed by atoms with Gasteiger partial charge in [-0.15, -0.1) is 0 Å². The number of fused-ring (bicyclic) bond motifs is 1. The fourth-order valence-electron chi connectivity index (χ4n) is 6.91. The molecule has 4 aromatic carbocycles. The minimum atomic E-state index is -3.95. The van der Waals surface area contributed by atoms with Crippen molar-refractivity contribution in [3.63, 3.8) is 0 Å². The Labute approximate surface area is 301 Å². The number of nitrogens with zero attached hydrogens (tertiary/aromatic N) is 1. The van der Waals surface area contributed by atoms with Crippen LogP contribution in [-0.2, 0) is 17.8 Å². The van der Waals surface area contributed by atoms with Crippen LogP contribution in [0.4, 0.5) is 23.2 Å². The predicted octanol–water partition coefficient (Wildman–Crippen LogP) is 8.83. The molecule has 1 aliphatic heterocycles. The summed E-state index contributed by atoms with van der Waals surface area (Å²) in [6.07, 6.45) is 1.43. The third-order valence-electron chi connectivity index (χ3n) is 9.49. The average molecular weight is 726 g/mol. The van der Waals surface area contributed by atoms with Crippen LogP contribution in [0, 0.1) is 12.7 Å². The average Bonchev–Trinajstić information content (AvgIpc) is 3.76. The molecule has 6 rings (SSSR count). The quantitative estimate of drug-likeness (QED) is 0.110. The summed E-state index contributed by atoms with van der Waals surface area (Å²) in [6.45, 7) is 5.17. The monoisotopic (exact) mass is 725 g/mol. The maximum Gasteiger partial charge on any atom is 0.389 e. The second kappa shape index (κ2) is 17.1. The molecule has 0 unspecified atom stereocenters. The number of amides is 1. The number of likely N-dealkylation sites (tertiary alicyclic amines) is 1. The highest BCUT2D eigenvalue weighted by atomic mass is 19.4. The Hall–Kier alpha value is -4.84. The lowest BCUT2D eigenvalue weighted by molar-refractivity contribution is -0.137. The van der Waals surface area contributed by atoms with Crippen molar-refractivity contribution in [1.82, 2.24) is 4.90 Å². The number of carboxylic acids is 1. The Morgan fingerprint density at radius 1 is 0.962 bits per heavy atom. The number of hydrogen-bond donors (Lipinski definition) is 3. The molecule has 4 aromatic rings. The van der Waals surface area contributed by atoms with Gasteiger partial charge in [0.05, 0.1) is 25.3 Å². The van der Waals surface area contributed by atoms with Gasteiger partial charge in [0.1, 0.15) is 17.3 Å². The Balaban J connectivity index is 0.000000262. The third kappa shape index (κ3) is 9.93. The van der Waals surface area contributed by atoms with Crippen LogP contribution >= 0.6 is 0 Å². The molecule has 2 aliphatic rings. The lowest BCUT2D eigenvalue weighted by Gasteiger charge is -2.25. The molecule has 52 heavy (non-hydrogen) atoms. The molecule has 0 aromatic heterocycles. The molecule has 1 saturated heterocycles. The predicted molar refractivity (Wildman–Crippen MR) is 195 cm³/mol. The van der Waals surface area contributed by atoms with Crippen LogP contribution in [0.1, 0.15) is 78.9 Å². The Bertz CT molecular complexity index is 1840. The Morgan fingerprint density at radius 3 is 2.12 bits per heavy atom. The zero-order valence-corrected chi connectivity index (χ0v) is 30.0. The standard InChI is InChI=1S/C28H31NO4.C8H9FN2O.C4H7F3/c1-32-24-16-19(18-29-15-5-12-28(29)13-14-28)17-25(33-2)27(24)23-9-4-7-21-20(10-11-26(30)31)6-3-8-22(21)23;1-4-2-5(10)3-6(9)7(4)8(11)12;1-2-3-4(5,6)7/h3-4,6-9,16-17H,5,10-15,18H2,1-2H3,(H,30,31);2-3H,10H2,1H3,(H2,11,12);2-3H2,1H3. The summed E-state index contributed by atoms with van der Waals surface area (Å²) < 4.78 is 57.9. The summed E-state index contributed by atoms with van der Waals surface area (Å²) in [5, 5.41) is 11.3. The second-order valence-corrected chi connectivity index (χ2v) is 13.3. The highest BCUT2D eigenvalue weighted by molar-refractivity contribution is 6.01. The molecule has 1 aliphatic carbocycles. The van der Waals surface area contributed by atoms with Crippen molar-refractivity contribution in [1.29, 1.82) is 0 Å². The first-order valence-corrected chi connectivity index (χ1v) is 17.3. The number of nitrogen functional groups attached to an aromatic ring is 1. The van der Waals surface area contributed by atoms with E-state index in [1.165, 1.54) is 44.2 Å². The van der Waals surface area contributed by atoms with E-state index >= 15 is 0 Å². The van der Waals surface area contributed by atoms with Gasteiger partial charge in [-0.25, -0.2) is 4.39 Å². The lowest BCUT2D eigenvalue weighted by Crippen LogP contribution is -2.30. The number of nitrogens with two attached hydrogens (primary N) is 2. The fraction of sp³-hybridized carbons (Fsp3) is 0.400. The van der Waals surface area contributed by atoms with E-state index < -0.39 is 30.3 Å². The number of primary amides is 1. The number of halogens is 4. The zero-order valence-electron chi connectivity index (χ0n) is 30.0. The van der Waals surface area contributed by atoms with Gasteiger partial charge < -0.3 is 26.0 Å². The van der Waals surface area contributed by atoms with Crippen molar-refractivity contribution < 1.29 is 41.7 Å². The van der Waals surface area contributed by atoms with Gasteiger partial charge in [-0.1, -0.05) is 43.3 Å². The molecular weight excluding hydrogens is 678 g/mol. The zero-order chi connectivity index (χ0) is 38.2.